The van der Waals surface area contributed by atoms with E-state index >= 15 is 0 Å². The van der Waals surface area contributed by atoms with E-state index in [1.54, 1.807) is 0 Å². The van der Waals surface area contributed by atoms with Crippen LogP contribution in [0.4, 0.5) is 5.69 Å². The van der Waals surface area contributed by atoms with Crippen LogP contribution >= 0.6 is 0 Å². The predicted molar refractivity (Wildman–Crippen MR) is 64.7 cm³/mol. The first kappa shape index (κ1) is 10.7. The van der Waals surface area contributed by atoms with Gasteiger partial charge >= 0.3 is 0 Å². The number of hydrogen-bond donors (Lipinski definition) is 1. The van der Waals surface area contributed by atoms with Gasteiger partial charge in [-0.3, -0.25) is 4.68 Å². The van der Waals surface area contributed by atoms with Crippen molar-refractivity contribution in [2.24, 2.45) is 5.92 Å². The highest BCUT2D eigenvalue weighted by molar-refractivity contribution is 5.72. The highest BCUT2D eigenvalue weighted by Gasteiger charge is 2.07. The molecule has 2 aromatic rings. The Kier molecular flexibility index (Phi) is 2.90. The zero-order valence-electron chi connectivity index (χ0n) is 9.59. The third-order valence-corrected chi connectivity index (χ3v) is 2.33. The van der Waals surface area contributed by atoms with Gasteiger partial charge in [-0.2, -0.15) is 0 Å². The van der Waals surface area contributed by atoms with Crippen molar-refractivity contribution in [1.82, 2.24) is 15.0 Å². The summed E-state index contributed by atoms with van der Waals surface area (Å²) in [5, 5.41) is 8.22. The third-order valence-electron chi connectivity index (χ3n) is 2.33. The van der Waals surface area contributed by atoms with Crippen LogP contribution in [0, 0.1) is 5.92 Å². The van der Waals surface area contributed by atoms with Gasteiger partial charge in [-0.05, 0) is 12.0 Å². The SMILES string of the molecule is CC(C)Cn1cc(-c2ccccc2N)nn1. The van der Waals surface area contributed by atoms with Crippen molar-refractivity contribution in [1.29, 1.82) is 0 Å². The standard InChI is InChI=1S/C12H16N4/c1-9(2)7-16-8-12(14-15-16)10-5-3-4-6-11(10)13/h3-6,8-9H,7,13H2,1-2H3. The quantitative estimate of drug-likeness (QED) is 0.800. The molecule has 4 nitrogen and oxygen atoms in total. The maximum absolute atomic E-state index is 5.89. The lowest BCUT2D eigenvalue weighted by Gasteiger charge is -2.02. The second kappa shape index (κ2) is 4.35. The second-order valence-corrected chi connectivity index (χ2v) is 4.31. The van der Waals surface area contributed by atoms with Gasteiger partial charge in [0.25, 0.3) is 0 Å². The van der Waals surface area contributed by atoms with Gasteiger partial charge in [0, 0.05) is 17.8 Å². The van der Waals surface area contributed by atoms with E-state index < -0.39 is 0 Å². The molecule has 4 heteroatoms. The molecule has 0 saturated carbocycles. The van der Waals surface area contributed by atoms with Crippen LogP contribution in [0.5, 0.6) is 0 Å². The Hall–Kier alpha value is -1.84. The van der Waals surface area contributed by atoms with Crippen LogP contribution in [0.15, 0.2) is 30.5 Å². The summed E-state index contributed by atoms with van der Waals surface area (Å²) in [6.07, 6.45) is 1.94. The van der Waals surface area contributed by atoms with Gasteiger partial charge in [0.05, 0.1) is 6.20 Å². The molecule has 2 N–H and O–H groups in total. The summed E-state index contributed by atoms with van der Waals surface area (Å²) < 4.78 is 1.85. The van der Waals surface area contributed by atoms with E-state index in [0.29, 0.717) is 5.92 Å². The molecule has 2 rings (SSSR count). The van der Waals surface area contributed by atoms with E-state index in [2.05, 4.69) is 24.2 Å². The summed E-state index contributed by atoms with van der Waals surface area (Å²) in [6, 6.07) is 7.69. The fourth-order valence-electron chi connectivity index (χ4n) is 1.62. The van der Waals surface area contributed by atoms with Crippen LogP contribution in [-0.2, 0) is 6.54 Å². The second-order valence-electron chi connectivity index (χ2n) is 4.31. The molecular weight excluding hydrogens is 200 g/mol. The fourth-order valence-corrected chi connectivity index (χ4v) is 1.62. The lowest BCUT2D eigenvalue weighted by molar-refractivity contribution is 0.472. The summed E-state index contributed by atoms with van der Waals surface area (Å²) in [4.78, 5) is 0. The third kappa shape index (κ3) is 2.21. The van der Waals surface area contributed by atoms with Gasteiger partial charge in [-0.25, -0.2) is 0 Å². The topological polar surface area (TPSA) is 56.7 Å². The van der Waals surface area contributed by atoms with Crippen molar-refractivity contribution in [3.8, 4) is 11.3 Å². The Labute approximate surface area is 95.1 Å². The molecule has 0 atom stereocenters. The molecule has 1 aromatic carbocycles. The molecule has 0 unspecified atom stereocenters. The minimum atomic E-state index is 0.558. The van der Waals surface area contributed by atoms with E-state index in [0.717, 1.165) is 23.5 Å². The van der Waals surface area contributed by atoms with Gasteiger partial charge in [0.1, 0.15) is 5.69 Å². The van der Waals surface area contributed by atoms with Crippen LogP contribution in [0.25, 0.3) is 11.3 Å². The smallest absolute Gasteiger partial charge is 0.115 e. The number of hydrogen-bond acceptors (Lipinski definition) is 3. The number of rotatable bonds is 3. The molecule has 0 aliphatic rings. The van der Waals surface area contributed by atoms with Crippen LogP contribution in [-0.4, -0.2) is 15.0 Å². The summed E-state index contributed by atoms with van der Waals surface area (Å²) in [7, 11) is 0. The zero-order valence-corrected chi connectivity index (χ0v) is 9.59. The lowest BCUT2D eigenvalue weighted by atomic mass is 10.1. The van der Waals surface area contributed by atoms with Gasteiger partial charge in [0.15, 0.2) is 0 Å². The Morgan fingerprint density at radius 2 is 2.06 bits per heavy atom. The molecule has 0 spiro atoms. The van der Waals surface area contributed by atoms with Gasteiger partial charge < -0.3 is 5.73 Å². The molecular formula is C12H16N4. The van der Waals surface area contributed by atoms with Crippen molar-refractivity contribution in [2.45, 2.75) is 20.4 Å². The molecule has 16 heavy (non-hydrogen) atoms. The highest BCUT2D eigenvalue weighted by atomic mass is 15.4. The first-order valence-electron chi connectivity index (χ1n) is 5.42. The molecule has 0 amide bonds. The van der Waals surface area contributed by atoms with E-state index in [1.165, 1.54) is 0 Å². The molecule has 0 aliphatic carbocycles. The van der Waals surface area contributed by atoms with Crippen molar-refractivity contribution in [3.05, 3.63) is 30.5 Å². The largest absolute Gasteiger partial charge is 0.398 e. The fraction of sp³-hybridized carbons (Fsp3) is 0.333. The van der Waals surface area contributed by atoms with Crippen LogP contribution in [0.3, 0.4) is 0 Å². The zero-order chi connectivity index (χ0) is 11.5. The van der Waals surface area contributed by atoms with Crippen LogP contribution in [0.1, 0.15) is 13.8 Å². The molecule has 0 saturated heterocycles. The van der Waals surface area contributed by atoms with Crippen molar-refractivity contribution in [2.75, 3.05) is 5.73 Å². The summed E-state index contributed by atoms with van der Waals surface area (Å²) in [5.74, 6) is 0.558. The minimum Gasteiger partial charge on any atom is -0.398 e. The van der Waals surface area contributed by atoms with Crippen molar-refractivity contribution >= 4 is 5.69 Å². The molecule has 0 aliphatic heterocycles. The molecule has 84 valence electrons. The minimum absolute atomic E-state index is 0.558. The van der Waals surface area contributed by atoms with Crippen LogP contribution in [0.2, 0.25) is 0 Å². The maximum atomic E-state index is 5.89. The molecule has 1 aromatic heterocycles. The van der Waals surface area contributed by atoms with Crippen molar-refractivity contribution in [3.63, 3.8) is 0 Å². The number of benzene rings is 1. The number of nitrogens with zero attached hydrogens (tertiary/aromatic N) is 3. The number of nitrogen functional groups attached to an aromatic ring is 1. The maximum Gasteiger partial charge on any atom is 0.115 e. The van der Waals surface area contributed by atoms with E-state index in [4.69, 9.17) is 5.73 Å². The van der Waals surface area contributed by atoms with E-state index in [1.807, 2.05) is 35.1 Å². The average Bonchev–Trinajstić information content (AvgIpc) is 2.66. The first-order valence-corrected chi connectivity index (χ1v) is 5.42. The summed E-state index contributed by atoms with van der Waals surface area (Å²) >= 11 is 0. The number of nitrogens with two attached hydrogens (primary N) is 1. The number of aromatic nitrogens is 3. The summed E-state index contributed by atoms with van der Waals surface area (Å²) in [6.45, 7) is 5.18. The Balaban J connectivity index is 2.28. The average molecular weight is 216 g/mol. The van der Waals surface area contributed by atoms with Gasteiger partial charge in [-0.1, -0.05) is 37.3 Å². The monoisotopic (exact) mass is 216 g/mol. The Morgan fingerprint density at radius 1 is 1.31 bits per heavy atom. The molecule has 0 fully saturated rings. The lowest BCUT2D eigenvalue weighted by Crippen LogP contribution is -2.04. The number of anilines is 1. The summed E-state index contributed by atoms with van der Waals surface area (Å²) in [5.41, 5.74) is 8.40. The predicted octanol–water partition coefficient (Wildman–Crippen LogP) is 2.18. The number of para-hydroxylation sites is 1. The van der Waals surface area contributed by atoms with Crippen LogP contribution < -0.4 is 5.73 Å². The van der Waals surface area contributed by atoms with E-state index in [-0.39, 0.29) is 0 Å². The van der Waals surface area contributed by atoms with E-state index in [9.17, 15) is 0 Å². The Bertz CT molecular complexity index is 473. The van der Waals surface area contributed by atoms with Gasteiger partial charge in [-0.15, -0.1) is 5.10 Å². The normalized spacial score (nSPS) is 10.9. The Morgan fingerprint density at radius 3 is 2.75 bits per heavy atom. The first-order chi connectivity index (χ1) is 7.66. The molecule has 0 bridgehead atoms. The van der Waals surface area contributed by atoms with Gasteiger partial charge in [0.2, 0.25) is 0 Å². The molecule has 0 radical (unpaired) electrons. The molecule has 1 heterocycles. The highest BCUT2D eigenvalue weighted by Crippen LogP contribution is 2.22. The van der Waals surface area contributed by atoms with Crippen molar-refractivity contribution < 1.29 is 0 Å².